The Morgan fingerprint density at radius 1 is 1.38 bits per heavy atom. The summed E-state index contributed by atoms with van der Waals surface area (Å²) in [5, 5.41) is 19.0. The van der Waals surface area contributed by atoms with Crippen LogP contribution in [0, 0.1) is 28.1 Å². The van der Waals surface area contributed by atoms with Crippen molar-refractivity contribution in [3.8, 4) is 12.1 Å². The zero-order valence-corrected chi connectivity index (χ0v) is 11.8. The first-order valence-corrected chi connectivity index (χ1v) is 6.81. The average molecular weight is 284 g/mol. The Morgan fingerprint density at radius 3 is 2.67 bits per heavy atom. The first-order chi connectivity index (χ1) is 10.1. The number of carbonyl (C=O) groups excluding carboxylic acids is 1. The van der Waals surface area contributed by atoms with Gasteiger partial charge in [0.05, 0.1) is 31.8 Å². The van der Waals surface area contributed by atoms with Gasteiger partial charge in [-0.3, -0.25) is 4.79 Å². The molecule has 0 amide bonds. The van der Waals surface area contributed by atoms with E-state index in [1.165, 1.54) is 0 Å². The van der Waals surface area contributed by atoms with E-state index in [4.69, 9.17) is 9.47 Å². The Bertz CT molecular complexity index is 599. The summed E-state index contributed by atoms with van der Waals surface area (Å²) in [6.07, 6.45) is -0.637. The highest BCUT2D eigenvalue weighted by atomic mass is 16.5. The molecular formula is C16H16N2O3. The van der Waals surface area contributed by atoms with Crippen LogP contribution in [0.2, 0.25) is 0 Å². The van der Waals surface area contributed by atoms with Crippen molar-refractivity contribution in [1.82, 2.24) is 0 Å². The second kappa shape index (κ2) is 6.39. The minimum absolute atomic E-state index is 0.0943. The predicted molar refractivity (Wildman–Crippen MR) is 73.6 cm³/mol. The van der Waals surface area contributed by atoms with Gasteiger partial charge in [-0.2, -0.15) is 10.5 Å². The summed E-state index contributed by atoms with van der Waals surface area (Å²) >= 11 is 0. The summed E-state index contributed by atoms with van der Waals surface area (Å²) in [6.45, 7) is 2.26. The van der Waals surface area contributed by atoms with Crippen molar-refractivity contribution in [2.24, 2.45) is 5.41 Å². The minimum atomic E-state index is -1.38. The summed E-state index contributed by atoms with van der Waals surface area (Å²) in [6, 6.07) is 11.6. The lowest BCUT2D eigenvalue weighted by Crippen LogP contribution is -2.37. The first-order valence-electron chi connectivity index (χ1n) is 6.81. The quantitative estimate of drug-likeness (QED) is 0.794. The number of carbonyl (C=O) groups is 1. The molecule has 0 bridgehead atoms. The van der Waals surface area contributed by atoms with Crippen molar-refractivity contribution in [2.75, 3.05) is 6.61 Å². The molecule has 0 saturated carbocycles. The Kier molecular flexibility index (Phi) is 4.57. The maximum absolute atomic E-state index is 11.7. The van der Waals surface area contributed by atoms with E-state index in [-0.39, 0.29) is 26.1 Å². The first kappa shape index (κ1) is 15.0. The van der Waals surface area contributed by atoms with Crippen LogP contribution in [-0.4, -0.2) is 18.7 Å². The van der Waals surface area contributed by atoms with Crippen LogP contribution in [0.15, 0.2) is 24.3 Å². The van der Waals surface area contributed by atoms with E-state index in [9.17, 15) is 15.3 Å². The van der Waals surface area contributed by atoms with Crippen LogP contribution in [-0.2, 0) is 27.3 Å². The topological polar surface area (TPSA) is 83.1 Å². The molecule has 0 radical (unpaired) electrons. The van der Waals surface area contributed by atoms with Gasteiger partial charge in [0.25, 0.3) is 0 Å². The lowest BCUT2D eigenvalue weighted by molar-refractivity contribution is -0.148. The highest BCUT2D eigenvalue weighted by Crippen LogP contribution is 2.35. The molecule has 1 heterocycles. The van der Waals surface area contributed by atoms with Crippen LogP contribution in [0.3, 0.4) is 0 Å². The predicted octanol–water partition coefficient (Wildman–Crippen LogP) is 2.11. The average Bonchev–Trinajstić information content (AvgIpc) is 2.65. The van der Waals surface area contributed by atoms with Crippen molar-refractivity contribution in [1.29, 1.82) is 10.5 Å². The summed E-state index contributed by atoms with van der Waals surface area (Å²) in [4.78, 5) is 11.7. The summed E-state index contributed by atoms with van der Waals surface area (Å²) in [5.41, 5.74) is 0.477. The molecule has 21 heavy (non-hydrogen) atoms. The van der Waals surface area contributed by atoms with E-state index in [1.54, 1.807) is 6.92 Å². The third kappa shape index (κ3) is 3.04. The van der Waals surface area contributed by atoms with Crippen molar-refractivity contribution in [3.63, 3.8) is 0 Å². The van der Waals surface area contributed by atoms with Gasteiger partial charge in [-0.15, -0.1) is 0 Å². The van der Waals surface area contributed by atoms with Gasteiger partial charge in [0, 0.05) is 6.42 Å². The number of nitriles is 2. The maximum atomic E-state index is 11.7. The van der Waals surface area contributed by atoms with Crippen LogP contribution in [0.1, 0.15) is 24.5 Å². The molecule has 1 aliphatic rings. The number of fused-ring (bicyclic) bond motifs is 1. The van der Waals surface area contributed by atoms with E-state index in [2.05, 4.69) is 12.1 Å². The monoisotopic (exact) mass is 284 g/mol. The Labute approximate surface area is 123 Å². The lowest BCUT2D eigenvalue weighted by Gasteiger charge is -2.25. The number of esters is 1. The van der Waals surface area contributed by atoms with Crippen molar-refractivity contribution in [2.45, 2.75) is 32.5 Å². The van der Waals surface area contributed by atoms with Crippen molar-refractivity contribution < 1.29 is 14.3 Å². The molecule has 0 aliphatic carbocycles. The smallest absolute Gasteiger partial charge is 0.308 e. The molecule has 0 N–H and O–H groups in total. The highest BCUT2D eigenvalue weighted by Gasteiger charge is 2.44. The third-order valence-corrected chi connectivity index (χ3v) is 3.63. The zero-order valence-electron chi connectivity index (χ0n) is 11.8. The standard InChI is InChI=1S/C16H16N2O3/c1-2-20-15(19)7-14-16(10-17,11-18)8-12-5-3-4-6-13(12)9-21-14/h3-6,14H,2,7-9H2,1H3. The maximum Gasteiger partial charge on any atom is 0.308 e. The molecule has 5 heteroatoms. The van der Waals surface area contributed by atoms with Crippen LogP contribution in [0.25, 0.3) is 0 Å². The van der Waals surface area contributed by atoms with E-state index >= 15 is 0 Å². The molecule has 0 aromatic heterocycles. The number of rotatable bonds is 3. The fourth-order valence-corrected chi connectivity index (χ4v) is 2.47. The molecule has 108 valence electrons. The van der Waals surface area contributed by atoms with E-state index in [1.807, 2.05) is 24.3 Å². The van der Waals surface area contributed by atoms with Gasteiger partial charge < -0.3 is 9.47 Å². The van der Waals surface area contributed by atoms with Gasteiger partial charge in [0.15, 0.2) is 5.41 Å². The van der Waals surface area contributed by atoms with Gasteiger partial charge in [0.1, 0.15) is 6.10 Å². The fraction of sp³-hybridized carbons (Fsp3) is 0.438. The molecule has 0 spiro atoms. The van der Waals surface area contributed by atoms with Crippen molar-refractivity contribution >= 4 is 5.97 Å². The zero-order chi connectivity index (χ0) is 15.3. The molecule has 1 aromatic rings. The molecule has 0 saturated heterocycles. The number of benzene rings is 1. The van der Waals surface area contributed by atoms with Gasteiger partial charge in [0.2, 0.25) is 0 Å². The summed E-state index contributed by atoms with van der Waals surface area (Å²) in [5.74, 6) is -0.455. The number of nitrogens with zero attached hydrogens (tertiary/aromatic N) is 2. The Morgan fingerprint density at radius 2 is 2.05 bits per heavy atom. The summed E-state index contributed by atoms with van der Waals surface area (Å²) < 4.78 is 10.6. The minimum Gasteiger partial charge on any atom is -0.466 e. The normalized spacial score (nSPS) is 19.5. The molecule has 5 nitrogen and oxygen atoms in total. The highest BCUT2D eigenvalue weighted by molar-refractivity contribution is 5.70. The molecular weight excluding hydrogens is 268 g/mol. The van der Waals surface area contributed by atoms with Crippen LogP contribution >= 0.6 is 0 Å². The summed E-state index contributed by atoms with van der Waals surface area (Å²) in [7, 11) is 0. The third-order valence-electron chi connectivity index (χ3n) is 3.63. The largest absolute Gasteiger partial charge is 0.466 e. The molecule has 1 atom stereocenters. The molecule has 1 aliphatic heterocycles. The van der Waals surface area contributed by atoms with Gasteiger partial charge >= 0.3 is 5.97 Å². The van der Waals surface area contributed by atoms with Crippen LogP contribution in [0.5, 0.6) is 0 Å². The van der Waals surface area contributed by atoms with Crippen molar-refractivity contribution in [3.05, 3.63) is 35.4 Å². The molecule has 2 rings (SSSR count). The van der Waals surface area contributed by atoms with E-state index in [0.29, 0.717) is 0 Å². The second-order valence-electron chi connectivity index (χ2n) is 4.95. The van der Waals surface area contributed by atoms with Gasteiger partial charge in [-0.1, -0.05) is 24.3 Å². The van der Waals surface area contributed by atoms with E-state index in [0.717, 1.165) is 11.1 Å². The Balaban J connectivity index is 2.32. The lowest BCUT2D eigenvalue weighted by atomic mass is 9.78. The molecule has 0 fully saturated rings. The van der Waals surface area contributed by atoms with E-state index < -0.39 is 17.5 Å². The Hall–Kier alpha value is -2.37. The molecule has 1 aromatic carbocycles. The number of hydrogen-bond acceptors (Lipinski definition) is 5. The van der Waals surface area contributed by atoms with Gasteiger partial charge in [-0.05, 0) is 18.1 Å². The number of hydrogen-bond donors (Lipinski definition) is 0. The van der Waals surface area contributed by atoms with Crippen LogP contribution < -0.4 is 0 Å². The SMILES string of the molecule is CCOC(=O)CC1OCc2ccccc2CC1(C#N)C#N. The number of ether oxygens (including phenoxy) is 2. The van der Waals surface area contributed by atoms with Gasteiger partial charge in [-0.25, -0.2) is 0 Å². The second-order valence-corrected chi connectivity index (χ2v) is 4.95. The fourth-order valence-electron chi connectivity index (χ4n) is 2.47. The van der Waals surface area contributed by atoms with Crippen LogP contribution in [0.4, 0.5) is 0 Å². The molecule has 1 unspecified atom stereocenters.